The molecule has 0 spiro atoms. The summed E-state index contributed by atoms with van der Waals surface area (Å²) in [5, 5.41) is 18.5. The Hall–Kier alpha value is -0.200. The molecule has 98 valence electrons. The Balaban J connectivity index is 3.43. The molecule has 0 aromatic rings. The standard InChI is InChI=1S/C11H24O5/c1-3-5-14-6-7-15-9-10(13)11(8-12)16-4-2/h10-13H,3-9H2,1-2H3. The van der Waals surface area contributed by atoms with Crippen LogP contribution in [0, 0.1) is 0 Å². The van der Waals surface area contributed by atoms with Crippen molar-refractivity contribution in [2.75, 3.05) is 39.6 Å². The summed E-state index contributed by atoms with van der Waals surface area (Å²) in [4.78, 5) is 0. The van der Waals surface area contributed by atoms with E-state index in [1.807, 2.05) is 13.8 Å². The maximum atomic E-state index is 9.59. The van der Waals surface area contributed by atoms with Gasteiger partial charge in [-0.15, -0.1) is 0 Å². The molecule has 0 radical (unpaired) electrons. The van der Waals surface area contributed by atoms with Gasteiger partial charge in [0.05, 0.1) is 26.4 Å². The molecule has 0 aliphatic rings. The molecule has 0 amide bonds. The molecule has 0 rings (SSSR count). The van der Waals surface area contributed by atoms with Crippen LogP contribution >= 0.6 is 0 Å². The van der Waals surface area contributed by atoms with E-state index < -0.39 is 12.2 Å². The lowest BCUT2D eigenvalue weighted by Gasteiger charge is -2.20. The van der Waals surface area contributed by atoms with Crippen LogP contribution in [0.25, 0.3) is 0 Å². The molecule has 16 heavy (non-hydrogen) atoms. The van der Waals surface area contributed by atoms with Gasteiger partial charge >= 0.3 is 0 Å². The Morgan fingerprint density at radius 2 is 1.75 bits per heavy atom. The van der Waals surface area contributed by atoms with Gasteiger partial charge in [0, 0.05) is 13.2 Å². The van der Waals surface area contributed by atoms with Gasteiger partial charge in [0.2, 0.25) is 0 Å². The molecular formula is C11H24O5. The highest BCUT2D eigenvalue weighted by Crippen LogP contribution is 2.00. The average Bonchev–Trinajstić information content (AvgIpc) is 2.30. The third-order valence-corrected chi connectivity index (χ3v) is 2.00. The van der Waals surface area contributed by atoms with E-state index in [1.54, 1.807) is 0 Å². The molecule has 2 N–H and O–H groups in total. The predicted molar refractivity (Wildman–Crippen MR) is 60.4 cm³/mol. The van der Waals surface area contributed by atoms with Crippen LogP contribution in [0.5, 0.6) is 0 Å². The van der Waals surface area contributed by atoms with Crippen molar-refractivity contribution in [2.45, 2.75) is 32.5 Å². The highest BCUT2D eigenvalue weighted by Gasteiger charge is 2.18. The number of hydrogen-bond donors (Lipinski definition) is 2. The van der Waals surface area contributed by atoms with Crippen LogP contribution in [-0.2, 0) is 14.2 Å². The molecule has 0 fully saturated rings. The van der Waals surface area contributed by atoms with Gasteiger partial charge in [-0.2, -0.15) is 0 Å². The van der Waals surface area contributed by atoms with Gasteiger partial charge in [0.1, 0.15) is 12.2 Å². The molecule has 0 saturated carbocycles. The lowest BCUT2D eigenvalue weighted by Crippen LogP contribution is -2.36. The molecule has 0 aliphatic heterocycles. The van der Waals surface area contributed by atoms with E-state index in [1.165, 1.54) is 0 Å². The molecule has 0 heterocycles. The first-order valence-electron chi connectivity index (χ1n) is 5.82. The molecule has 0 saturated heterocycles. The van der Waals surface area contributed by atoms with Crippen LogP contribution < -0.4 is 0 Å². The molecule has 5 nitrogen and oxygen atoms in total. The molecule has 2 atom stereocenters. The normalized spacial score (nSPS) is 15.0. The van der Waals surface area contributed by atoms with Crippen LogP contribution in [0.4, 0.5) is 0 Å². The summed E-state index contributed by atoms with van der Waals surface area (Å²) in [6.07, 6.45) is -0.378. The van der Waals surface area contributed by atoms with E-state index in [0.29, 0.717) is 19.8 Å². The summed E-state index contributed by atoms with van der Waals surface area (Å²) < 4.78 is 15.6. The van der Waals surface area contributed by atoms with Crippen molar-refractivity contribution in [1.29, 1.82) is 0 Å². The van der Waals surface area contributed by atoms with Crippen molar-refractivity contribution in [3.63, 3.8) is 0 Å². The Labute approximate surface area is 97.3 Å². The van der Waals surface area contributed by atoms with Gasteiger partial charge in [-0.3, -0.25) is 0 Å². The first-order valence-corrected chi connectivity index (χ1v) is 5.82. The Morgan fingerprint density at radius 1 is 1.06 bits per heavy atom. The zero-order valence-corrected chi connectivity index (χ0v) is 10.2. The highest BCUT2D eigenvalue weighted by atomic mass is 16.5. The van der Waals surface area contributed by atoms with E-state index in [4.69, 9.17) is 19.3 Å². The van der Waals surface area contributed by atoms with Gasteiger partial charge < -0.3 is 24.4 Å². The summed E-state index contributed by atoms with van der Waals surface area (Å²) in [6, 6.07) is 0. The molecule has 0 aromatic heterocycles. The SMILES string of the molecule is CCCOCCOCC(O)C(CO)OCC. The Morgan fingerprint density at radius 3 is 2.31 bits per heavy atom. The van der Waals surface area contributed by atoms with Crippen LogP contribution in [0.2, 0.25) is 0 Å². The highest BCUT2D eigenvalue weighted by molar-refractivity contribution is 4.67. The van der Waals surface area contributed by atoms with Crippen molar-refractivity contribution < 1.29 is 24.4 Å². The molecule has 0 aromatic carbocycles. The number of hydrogen-bond acceptors (Lipinski definition) is 5. The van der Waals surface area contributed by atoms with E-state index in [2.05, 4.69) is 0 Å². The Bertz CT molecular complexity index is 142. The number of ether oxygens (including phenoxy) is 3. The van der Waals surface area contributed by atoms with E-state index in [0.717, 1.165) is 13.0 Å². The fourth-order valence-corrected chi connectivity index (χ4v) is 1.18. The fourth-order valence-electron chi connectivity index (χ4n) is 1.18. The van der Waals surface area contributed by atoms with E-state index >= 15 is 0 Å². The second-order valence-electron chi connectivity index (χ2n) is 3.43. The van der Waals surface area contributed by atoms with E-state index in [9.17, 15) is 5.11 Å². The maximum Gasteiger partial charge on any atom is 0.109 e. The van der Waals surface area contributed by atoms with Crippen molar-refractivity contribution >= 4 is 0 Å². The van der Waals surface area contributed by atoms with Crippen molar-refractivity contribution in [3.8, 4) is 0 Å². The monoisotopic (exact) mass is 236 g/mol. The van der Waals surface area contributed by atoms with Gasteiger partial charge in [-0.25, -0.2) is 0 Å². The van der Waals surface area contributed by atoms with Gasteiger partial charge in [0.25, 0.3) is 0 Å². The first kappa shape index (κ1) is 15.8. The third kappa shape index (κ3) is 8.01. The van der Waals surface area contributed by atoms with Gasteiger partial charge in [-0.05, 0) is 13.3 Å². The minimum Gasteiger partial charge on any atom is -0.394 e. The summed E-state index contributed by atoms with van der Waals surface area (Å²) in [7, 11) is 0. The summed E-state index contributed by atoms with van der Waals surface area (Å²) >= 11 is 0. The van der Waals surface area contributed by atoms with Crippen LogP contribution in [0.3, 0.4) is 0 Å². The van der Waals surface area contributed by atoms with Crippen LogP contribution in [0.15, 0.2) is 0 Å². The predicted octanol–water partition coefficient (Wildman–Crippen LogP) is 0.188. The first-order chi connectivity index (χ1) is 7.76. The molecule has 2 unspecified atom stereocenters. The summed E-state index contributed by atoms with van der Waals surface area (Å²) in [6.45, 7) is 5.96. The summed E-state index contributed by atoms with van der Waals surface area (Å²) in [5.74, 6) is 0. The zero-order valence-electron chi connectivity index (χ0n) is 10.2. The minimum atomic E-state index is -0.795. The maximum absolute atomic E-state index is 9.59. The molecule has 0 aliphatic carbocycles. The zero-order chi connectivity index (χ0) is 12.2. The minimum absolute atomic E-state index is 0.153. The third-order valence-electron chi connectivity index (χ3n) is 2.00. The van der Waals surface area contributed by atoms with E-state index in [-0.39, 0.29) is 13.2 Å². The van der Waals surface area contributed by atoms with Crippen LogP contribution in [0.1, 0.15) is 20.3 Å². The smallest absolute Gasteiger partial charge is 0.109 e. The molecule has 5 heteroatoms. The largest absolute Gasteiger partial charge is 0.394 e. The quantitative estimate of drug-likeness (QED) is 0.501. The summed E-state index contributed by atoms with van der Waals surface area (Å²) in [5.41, 5.74) is 0. The fraction of sp³-hybridized carbons (Fsp3) is 1.00. The molecule has 0 bridgehead atoms. The molecular weight excluding hydrogens is 212 g/mol. The average molecular weight is 236 g/mol. The second kappa shape index (κ2) is 11.3. The lowest BCUT2D eigenvalue weighted by molar-refractivity contribution is -0.0915. The lowest BCUT2D eigenvalue weighted by atomic mass is 10.2. The van der Waals surface area contributed by atoms with Crippen molar-refractivity contribution in [1.82, 2.24) is 0 Å². The van der Waals surface area contributed by atoms with Gasteiger partial charge in [0.15, 0.2) is 0 Å². The topological polar surface area (TPSA) is 68.2 Å². The Kier molecular flexibility index (Phi) is 11.1. The number of aliphatic hydroxyl groups is 2. The second-order valence-corrected chi connectivity index (χ2v) is 3.43. The van der Waals surface area contributed by atoms with Gasteiger partial charge in [-0.1, -0.05) is 6.92 Å². The van der Waals surface area contributed by atoms with Crippen molar-refractivity contribution in [3.05, 3.63) is 0 Å². The number of rotatable bonds is 11. The number of aliphatic hydroxyl groups excluding tert-OH is 2. The van der Waals surface area contributed by atoms with Crippen LogP contribution in [-0.4, -0.2) is 62.1 Å². The van der Waals surface area contributed by atoms with Crippen molar-refractivity contribution in [2.24, 2.45) is 0 Å².